The molecule has 0 N–H and O–H groups in total. The number of carbonyl (C=O) groups excluding carboxylic acids is 5. The summed E-state index contributed by atoms with van der Waals surface area (Å²) in [7, 11) is 1.20. The first kappa shape index (κ1) is 24.4. The Kier molecular flexibility index (Phi) is 5.31. The van der Waals surface area contributed by atoms with Gasteiger partial charge in [-0.25, -0.2) is 0 Å². The molecule has 0 unspecified atom stereocenters. The Morgan fingerprint density at radius 2 is 1.74 bits per heavy atom. The van der Waals surface area contributed by atoms with Crippen molar-refractivity contribution in [3.05, 3.63) is 11.6 Å². The standard InChI is InChI=1S/C25H32O9/c1-12(13(2)26)10-25-23(6,17(19(28)31-7)20(29)34-25)11-15-18-22(4,5)16(32-14(3)27)8-9-24(18,25)21(30)33-15/h10,15-18H,8-9,11H2,1-7H3/b12-10+/t15-,16-,17-,18+,23+,24+,25-/m0/s1. The van der Waals surface area contributed by atoms with Gasteiger partial charge in [-0.15, -0.1) is 0 Å². The smallest absolute Gasteiger partial charge is 0.322 e. The molecule has 9 nitrogen and oxygen atoms in total. The minimum absolute atomic E-state index is 0.147. The van der Waals surface area contributed by atoms with Gasteiger partial charge < -0.3 is 18.9 Å². The summed E-state index contributed by atoms with van der Waals surface area (Å²) < 4.78 is 22.6. The van der Waals surface area contributed by atoms with Gasteiger partial charge >= 0.3 is 23.9 Å². The monoisotopic (exact) mass is 476 g/mol. The molecular formula is C25H32O9. The molecule has 2 heterocycles. The van der Waals surface area contributed by atoms with Gasteiger partial charge in [0.1, 0.15) is 17.6 Å². The van der Waals surface area contributed by atoms with Crippen LogP contribution < -0.4 is 0 Å². The van der Waals surface area contributed by atoms with Crippen LogP contribution in [-0.4, -0.2) is 54.6 Å². The Morgan fingerprint density at radius 1 is 1.09 bits per heavy atom. The van der Waals surface area contributed by atoms with Gasteiger partial charge in [-0.1, -0.05) is 20.8 Å². The molecule has 0 aromatic heterocycles. The summed E-state index contributed by atoms with van der Waals surface area (Å²) in [5.74, 6) is -4.49. The zero-order valence-corrected chi connectivity index (χ0v) is 20.7. The summed E-state index contributed by atoms with van der Waals surface area (Å²) >= 11 is 0. The van der Waals surface area contributed by atoms with E-state index in [-0.39, 0.29) is 18.6 Å². The normalized spacial score (nSPS) is 42.1. The second-order valence-corrected chi connectivity index (χ2v) is 11.0. The largest absolute Gasteiger partial charge is 0.468 e. The molecule has 4 aliphatic rings. The van der Waals surface area contributed by atoms with Gasteiger partial charge in [0.15, 0.2) is 17.3 Å². The number of esters is 4. The first-order chi connectivity index (χ1) is 15.7. The van der Waals surface area contributed by atoms with Crippen molar-refractivity contribution in [3.8, 4) is 0 Å². The third kappa shape index (κ3) is 2.75. The van der Waals surface area contributed by atoms with E-state index in [1.165, 1.54) is 21.0 Å². The fraction of sp³-hybridized carbons (Fsp3) is 0.720. The lowest BCUT2D eigenvalue weighted by atomic mass is 9.39. The molecule has 34 heavy (non-hydrogen) atoms. The van der Waals surface area contributed by atoms with E-state index in [1.54, 1.807) is 19.9 Å². The molecule has 2 saturated heterocycles. The number of carbonyl (C=O) groups is 5. The van der Waals surface area contributed by atoms with Crippen LogP contribution in [0, 0.1) is 28.1 Å². The number of allylic oxidation sites excluding steroid dienone is 1. The summed E-state index contributed by atoms with van der Waals surface area (Å²) in [6.07, 6.45) is 1.13. The molecule has 4 fully saturated rings. The first-order valence-electron chi connectivity index (χ1n) is 11.6. The lowest BCUT2D eigenvalue weighted by Gasteiger charge is -2.62. The van der Waals surface area contributed by atoms with Gasteiger partial charge in [-0.05, 0) is 44.8 Å². The van der Waals surface area contributed by atoms with Gasteiger partial charge in [0.25, 0.3) is 0 Å². The minimum atomic E-state index is -1.61. The second kappa shape index (κ2) is 7.39. The number of Topliss-reactive ketones (excluding diaryl/α,β-unsaturated/α-hetero) is 1. The van der Waals surface area contributed by atoms with Gasteiger partial charge in [0, 0.05) is 23.7 Å². The topological polar surface area (TPSA) is 122 Å². The first-order valence-corrected chi connectivity index (χ1v) is 11.6. The molecule has 9 heteroatoms. The zero-order chi connectivity index (χ0) is 25.4. The van der Waals surface area contributed by atoms with Crippen molar-refractivity contribution in [2.75, 3.05) is 7.11 Å². The fourth-order valence-corrected chi connectivity index (χ4v) is 7.50. The Balaban J connectivity index is 2.01. The predicted molar refractivity (Wildman–Crippen MR) is 116 cm³/mol. The molecule has 0 radical (unpaired) electrons. The Labute approximate surface area is 198 Å². The summed E-state index contributed by atoms with van der Waals surface area (Å²) in [6, 6.07) is 0. The van der Waals surface area contributed by atoms with Crippen molar-refractivity contribution in [3.63, 3.8) is 0 Å². The number of ether oxygens (including phenoxy) is 4. The molecule has 4 rings (SSSR count). The zero-order valence-electron chi connectivity index (χ0n) is 20.7. The van der Waals surface area contributed by atoms with Crippen molar-refractivity contribution in [1.29, 1.82) is 0 Å². The minimum Gasteiger partial charge on any atom is -0.468 e. The molecule has 2 aliphatic carbocycles. The molecule has 2 saturated carbocycles. The van der Waals surface area contributed by atoms with Crippen molar-refractivity contribution in [2.24, 2.45) is 28.1 Å². The summed E-state index contributed by atoms with van der Waals surface area (Å²) in [4.78, 5) is 64.0. The van der Waals surface area contributed by atoms with Crippen LogP contribution in [0.1, 0.15) is 60.8 Å². The average Bonchev–Trinajstić information content (AvgIpc) is 3.11. The van der Waals surface area contributed by atoms with Crippen molar-refractivity contribution in [2.45, 2.75) is 78.6 Å². The maximum absolute atomic E-state index is 13.8. The van der Waals surface area contributed by atoms with Gasteiger partial charge in [0.05, 0.1) is 7.11 Å². The van der Waals surface area contributed by atoms with Crippen LogP contribution in [0.15, 0.2) is 11.6 Å². The molecule has 0 spiro atoms. The number of methoxy groups -OCH3 is 1. The fourth-order valence-electron chi connectivity index (χ4n) is 7.50. The molecule has 0 amide bonds. The number of ketones is 1. The summed E-state index contributed by atoms with van der Waals surface area (Å²) in [5.41, 5.74) is -4.58. The quantitative estimate of drug-likeness (QED) is 0.260. The molecule has 2 aliphatic heterocycles. The highest BCUT2D eigenvalue weighted by atomic mass is 16.6. The molecular weight excluding hydrogens is 444 g/mol. The molecule has 186 valence electrons. The van der Waals surface area contributed by atoms with E-state index in [4.69, 9.17) is 18.9 Å². The Hall–Kier alpha value is -2.71. The van der Waals surface area contributed by atoms with Crippen LogP contribution in [0.25, 0.3) is 0 Å². The maximum Gasteiger partial charge on any atom is 0.322 e. The van der Waals surface area contributed by atoms with Gasteiger partial charge in [-0.2, -0.15) is 0 Å². The number of fused-ring (bicyclic) bond motifs is 1. The van der Waals surface area contributed by atoms with E-state index in [0.29, 0.717) is 12.0 Å². The second-order valence-electron chi connectivity index (χ2n) is 11.0. The summed E-state index contributed by atoms with van der Waals surface area (Å²) in [6.45, 7) is 9.91. The highest BCUT2D eigenvalue weighted by Gasteiger charge is 2.86. The molecule has 2 bridgehead atoms. The van der Waals surface area contributed by atoms with Crippen molar-refractivity contribution in [1.82, 2.24) is 0 Å². The van der Waals surface area contributed by atoms with Crippen LogP contribution in [0.3, 0.4) is 0 Å². The Morgan fingerprint density at radius 3 is 2.29 bits per heavy atom. The number of hydrogen-bond donors (Lipinski definition) is 0. The molecule has 0 aromatic rings. The van der Waals surface area contributed by atoms with Crippen molar-refractivity contribution >= 4 is 29.7 Å². The van der Waals surface area contributed by atoms with E-state index in [2.05, 4.69) is 0 Å². The average molecular weight is 477 g/mol. The van der Waals surface area contributed by atoms with Crippen molar-refractivity contribution < 1.29 is 42.9 Å². The lowest BCUT2D eigenvalue weighted by molar-refractivity contribution is -0.224. The van der Waals surface area contributed by atoms with Crippen LogP contribution in [0.2, 0.25) is 0 Å². The number of rotatable bonds is 4. The van der Waals surface area contributed by atoms with Gasteiger partial charge in [-0.3, -0.25) is 24.0 Å². The lowest BCUT2D eigenvalue weighted by Crippen LogP contribution is -2.71. The van der Waals surface area contributed by atoms with Crippen LogP contribution >= 0.6 is 0 Å². The number of hydrogen-bond acceptors (Lipinski definition) is 9. The van der Waals surface area contributed by atoms with E-state index < -0.39 is 69.8 Å². The molecule has 7 atom stereocenters. The third-order valence-electron chi connectivity index (χ3n) is 8.95. The molecule has 0 aromatic carbocycles. The summed E-state index contributed by atoms with van der Waals surface area (Å²) in [5, 5.41) is 0. The van der Waals surface area contributed by atoms with Gasteiger partial charge in [0.2, 0.25) is 0 Å². The van der Waals surface area contributed by atoms with E-state index in [0.717, 1.165) is 0 Å². The highest BCUT2D eigenvalue weighted by Crippen LogP contribution is 2.75. The Bertz CT molecular complexity index is 1030. The maximum atomic E-state index is 13.8. The predicted octanol–water partition coefficient (Wildman–Crippen LogP) is 2.30. The van der Waals surface area contributed by atoms with E-state index >= 15 is 0 Å². The van der Waals surface area contributed by atoms with Crippen LogP contribution in [-0.2, 0) is 42.9 Å². The van der Waals surface area contributed by atoms with E-state index in [9.17, 15) is 24.0 Å². The van der Waals surface area contributed by atoms with Crippen LogP contribution in [0.4, 0.5) is 0 Å². The third-order valence-corrected chi connectivity index (χ3v) is 8.95. The highest BCUT2D eigenvalue weighted by molar-refractivity contribution is 6.01. The van der Waals surface area contributed by atoms with Crippen LogP contribution in [0.5, 0.6) is 0 Å². The van der Waals surface area contributed by atoms with E-state index in [1.807, 2.05) is 13.8 Å². The SMILES string of the molecule is COC(=O)[C@H]1C(=O)O[C@]2(/C=C(\C)C(C)=O)[C@]34CC[C@H](OC(C)=O)C(C)(C)[C@H]3[C@H](C[C@]12C)OC4=O.